The Labute approximate surface area is 115 Å². The molecule has 5 heteroatoms. The van der Waals surface area contributed by atoms with Gasteiger partial charge in [0.15, 0.2) is 11.6 Å². The van der Waals surface area contributed by atoms with E-state index in [1.807, 2.05) is 6.08 Å². The molecule has 0 saturated carbocycles. The monoisotopic (exact) mass is 288 g/mol. The van der Waals surface area contributed by atoms with Crippen LogP contribution in [0.15, 0.2) is 17.7 Å². The molecule has 20 heavy (non-hydrogen) atoms. The molecule has 1 aromatic carbocycles. The molecular weight excluding hydrogens is 272 g/mol. The van der Waals surface area contributed by atoms with Gasteiger partial charge in [-0.1, -0.05) is 31.1 Å². The van der Waals surface area contributed by atoms with Crippen LogP contribution in [0.3, 0.4) is 0 Å². The quantitative estimate of drug-likeness (QED) is 0.688. The number of benzene rings is 1. The normalized spacial score (nSPS) is 14.8. The smallest absolute Gasteiger partial charge is 0.403 e. The largest absolute Gasteiger partial charge is 0.573 e. The molecule has 0 spiro atoms. The number of alkyl halides is 3. The van der Waals surface area contributed by atoms with Gasteiger partial charge >= 0.3 is 6.36 Å². The zero-order valence-corrected chi connectivity index (χ0v) is 11.2. The lowest BCUT2D eigenvalue weighted by Crippen LogP contribution is -2.18. The first kappa shape index (κ1) is 14.9. The van der Waals surface area contributed by atoms with Crippen molar-refractivity contribution in [3.05, 3.63) is 34.6 Å². The summed E-state index contributed by atoms with van der Waals surface area (Å²) in [4.78, 5) is 0. The van der Waals surface area contributed by atoms with E-state index in [0.717, 1.165) is 25.3 Å². The van der Waals surface area contributed by atoms with Gasteiger partial charge in [-0.3, -0.25) is 0 Å². The maximum absolute atomic E-state index is 14.0. The highest BCUT2D eigenvalue weighted by atomic mass is 19.4. The fourth-order valence-electron chi connectivity index (χ4n) is 2.39. The molecule has 0 fully saturated rings. The van der Waals surface area contributed by atoms with E-state index in [2.05, 4.69) is 11.7 Å². The number of hydrogen-bond donors (Lipinski definition) is 0. The lowest BCUT2D eigenvalue weighted by Gasteiger charge is -2.19. The van der Waals surface area contributed by atoms with Gasteiger partial charge in [-0.15, -0.1) is 13.2 Å². The average Bonchev–Trinajstić information content (AvgIpc) is 2.38. The van der Waals surface area contributed by atoms with Crippen molar-refractivity contribution in [2.75, 3.05) is 0 Å². The number of halogens is 4. The molecule has 1 nitrogen and oxygen atoms in total. The molecule has 0 heterocycles. The third-order valence-corrected chi connectivity index (χ3v) is 3.38. The highest BCUT2D eigenvalue weighted by molar-refractivity contribution is 5.61. The molecular formula is C15H16F4O. The Morgan fingerprint density at radius 3 is 2.60 bits per heavy atom. The van der Waals surface area contributed by atoms with E-state index in [4.69, 9.17) is 0 Å². The molecule has 0 atom stereocenters. The standard InChI is InChI=1S/C15H16F4O/c1-2-3-4-10-5-7-12-11(9-10)6-8-13(14(12)16)20-15(17,18)19/h6,8-9H,2-5,7H2,1H3. The van der Waals surface area contributed by atoms with E-state index in [0.29, 0.717) is 24.0 Å². The van der Waals surface area contributed by atoms with E-state index in [1.165, 1.54) is 11.6 Å². The summed E-state index contributed by atoms with van der Waals surface area (Å²) in [7, 11) is 0. The first-order chi connectivity index (χ1) is 9.40. The van der Waals surface area contributed by atoms with Crippen LogP contribution in [-0.4, -0.2) is 6.36 Å². The van der Waals surface area contributed by atoms with Gasteiger partial charge in [0.25, 0.3) is 0 Å². The Morgan fingerprint density at radius 1 is 1.20 bits per heavy atom. The third kappa shape index (κ3) is 3.52. The minimum atomic E-state index is -4.87. The second-order valence-electron chi connectivity index (χ2n) is 4.90. The Bertz CT molecular complexity index is 517. The van der Waals surface area contributed by atoms with E-state index in [9.17, 15) is 17.6 Å². The van der Waals surface area contributed by atoms with Crippen molar-refractivity contribution in [3.63, 3.8) is 0 Å². The lowest BCUT2D eigenvalue weighted by atomic mass is 9.89. The number of allylic oxidation sites excluding steroid dienone is 1. The van der Waals surface area contributed by atoms with Crippen LogP contribution in [0.5, 0.6) is 5.75 Å². The summed E-state index contributed by atoms with van der Waals surface area (Å²) < 4.78 is 54.2. The Kier molecular flexibility index (Phi) is 4.35. The first-order valence-corrected chi connectivity index (χ1v) is 6.67. The fraction of sp³-hybridized carbons (Fsp3) is 0.467. The first-order valence-electron chi connectivity index (χ1n) is 6.67. The number of rotatable bonds is 4. The molecule has 0 radical (unpaired) electrons. The predicted octanol–water partition coefficient (Wildman–Crippen LogP) is 5.24. The molecule has 110 valence electrons. The minimum absolute atomic E-state index is 0.312. The third-order valence-electron chi connectivity index (χ3n) is 3.38. The number of unbranched alkanes of at least 4 members (excludes halogenated alkanes) is 1. The van der Waals surface area contributed by atoms with E-state index >= 15 is 0 Å². The summed E-state index contributed by atoms with van der Waals surface area (Å²) in [6.45, 7) is 2.09. The van der Waals surface area contributed by atoms with Gasteiger partial charge in [0.2, 0.25) is 0 Å². The van der Waals surface area contributed by atoms with Crippen LogP contribution >= 0.6 is 0 Å². The molecule has 0 aliphatic heterocycles. The summed E-state index contributed by atoms with van der Waals surface area (Å²) >= 11 is 0. The van der Waals surface area contributed by atoms with Gasteiger partial charge in [-0.25, -0.2) is 4.39 Å². The van der Waals surface area contributed by atoms with Gasteiger partial charge in [-0.2, -0.15) is 0 Å². The van der Waals surface area contributed by atoms with Crippen molar-refractivity contribution >= 4 is 6.08 Å². The highest BCUT2D eigenvalue weighted by Crippen LogP contribution is 2.34. The van der Waals surface area contributed by atoms with Crippen molar-refractivity contribution in [1.82, 2.24) is 0 Å². The molecule has 1 aliphatic carbocycles. The van der Waals surface area contributed by atoms with Gasteiger partial charge in [-0.05, 0) is 42.9 Å². The van der Waals surface area contributed by atoms with Crippen molar-refractivity contribution in [3.8, 4) is 5.75 Å². The van der Waals surface area contributed by atoms with Gasteiger partial charge in [0.05, 0.1) is 0 Å². The van der Waals surface area contributed by atoms with Crippen LogP contribution in [0.1, 0.15) is 43.7 Å². The van der Waals surface area contributed by atoms with Crippen molar-refractivity contribution in [1.29, 1.82) is 0 Å². The average molecular weight is 288 g/mol. The van der Waals surface area contributed by atoms with Crippen LogP contribution in [0.4, 0.5) is 17.6 Å². The molecule has 0 aromatic heterocycles. The lowest BCUT2D eigenvalue weighted by molar-refractivity contribution is -0.275. The van der Waals surface area contributed by atoms with E-state index in [1.54, 1.807) is 0 Å². The van der Waals surface area contributed by atoms with Gasteiger partial charge < -0.3 is 4.74 Å². The van der Waals surface area contributed by atoms with E-state index < -0.39 is 17.9 Å². The number of hydrogen-bond acceptors (Lipinski definition) is 1. The molecule has 1 aliphatic rings. The number of ether oxygens (including phenoxy) is 1. The molecule has 0 N–H and O–H groups in total. The van der Waals surface area contributed by atoms with Crippen LogP contribution < -0.4 is 4.74 Å². The molecule has 0 unspecified atom stereocenters. The topological polar surface area (TPSA) is 9.23 Å². The molecule has 2 rings (SSSR count). The maximum Gasteiger partial charge on any atom is 0.573 e. The van der Waals surface area contributed by atoms with Crippen molar-refractivity contribution in [2.24, 2.45) is 0 Å². The van der Waals surface area contributed by atoms with Crippen molar-refractivity contribution in [2.45, 2.75) is 45.4 Å². The van der Waals surface area contributed by atoms with Gasteiger partial charge in [0.1, 0.15) is 0 Å². The molecule has 0 bridgehead atoms. The Balaban J connectivity index is 2.25. The summed E-state index contributed by atoms with van der Waals surface area (Å²) in [6, 6.07) is 2.53. The minimum Gasteiger partial charge on any atom is -0.403 e. The second kappa shape index (κ2) is 5.85. The number of fused-ring (bicyclic) bond motifs is 1. The fourth-order valence-corrected chi connectivity index (χ4v) is 2.39. The second-order valence-corrected chi connectivity index (χ2v) is 4.90. The zero-order chi connectivity index (χ0) is 14.8. The zero-order valence-electron chi connectivity index (χ0n) is 11.2. The predicted molar refractivity (Wildman–Crippen MR) is 68.9 cm³/mol. The summed E-state index contributed by atoms with van der Waals surface area (Å²) in [6.07, 6.45) is 1.24. The van der Waals surface area contributed by atoms with Crippen LogP contribution in [-0.2, 0) is 6.42 Å². The molecule has 0 saturated heterocycles. The van der Waals surface area contributed by atoms with Crippen LogP contribution in [0.25, 0.3) is 6.08 Å². The van der Waals surface area contributed by atoms with E-state index in [-0.39, 0.29) is 0 Å². The Morgan fingerprint density at radius 2 is 1.95 bits per heavy atom. The van der Waals surface area contributed by atoms with Gasteiger partial charge in [0, 0.05) is 0 Å². The summed E-state index contributed by atoms with van der Waals surface area (Å²) in [5, 5.41) is 0. The molecule has 0 amide bonds. The summed E-state index contributed by atoms with van der Waals surface area (Å²) in [5.74, 6) is -1.65. The highest BCUT2D eigenvalue weighted by Gasteiger charge is 2.33. The van der Waals surface area contributed by atoms with Crippen LogP contribution in [0, 0.1) is 5.82 Å². The maximum atomic E-state index is 14.0. The Hall–Kier alpha value is -1.52. The molecule has 1 aromatic rings. The van der Waals surface area contributed by atoms with Crippen molar-refractivity contribution < 1.29 is 22.3 Å². The van der Waals surface area contributed by atoms with Crippen LogP contribution in [0.2, 0.25) is 0 Å². The summed E-state index contributed by atoms with van der Waals surface area (Å²) in [5.41, 5.74) is 2.20. The SMILES string of the molecule is CCCCC1=Cc2ccc(OC(F)(F)F)c(F)c2CC1.